The fraction of sp³-hybridized carbons (Fsp3) is 0.308. The second kappa shape index (κ2) is 10.5. The number of aryl methyl sites for hydroxylation is 1. The maximum atomic E-state index is 15.1. The lowest BCUT2D eigenvalue weighted by Gasteiger charge is -2.29. The summed E-state index contributed by atoms with van der Waals surface area (Å²) in [6.45, 7) is 8.62. The van der Waals surface area contributed by atoms with Gasteiger partial charge in [0.05, 0.1) is 23.7 Å². The minimum Gasteiger partial charge on any atom is -0.386 e. The van der Waals surface area contributed by atoms with E-state index in [2.05, 4.69) is 35.5 Å². The molecule has 0 aliphatic carbocycles. The van der Waals surface area contributed by atoms with E-state index in [9.17, 15) is 9.50 Å². The maximum Gasteiger partial charge on any atom is 0.229 e. The Balaban J connectivity index is 0.00000320. The molecule has 0 bridgehead atoms. The molecule has 0 atom stereocenters. The van der Waals surface area contributed by atoms with Crippen molar-refractivity contribution in [1.82, 2.24) is 25.3 Å². The van der Waals surface area contributed by atoms with Gasteiger partial charge in [-0.25, -0.2) is 23.7 Å². The molecule has 3 N–H and O–H groups in total. The molecule has 0 spiro atoms. The summed E-state index contributed by atoms with van der Waals surface area (Å²) in [4.78, 5) is 19.3. The number of piperazine rings is 1. The lowest BCUT2D eigenvalue weighted by Crippen LogP contribution is -2.43. The Morgan fingerprint density at radius 1 is 1.00 bits per heavy atom. The number of rotatable bonds is 5. The van der Waals surface area contributed by atoms with Gasteiger partial charge in [0.2, 0.25) is 5.95 Å². The van der Waals surface area contributed by atoms with Gasteiger partial charge < -0.3 is 20.6 Å². The number of halogens is 3. The summed E-state index contributed by atoms with van der Waals surface area (Å²) >= 11 is 0. The van der Waals surface area contributed by atoms with Gasteiger partial charge in [0.15, 0.2) is 5.82 Å². The smallest absolute Gasteiger partial charge is 0.229 e. The predicted octanol–water partition coefficient (Wildman–Crippen LogP) is 4.48. The van der Waals surface area contributed by atoms with E-state index in [1.165, 1.54) is 6.07 Å². The van der Waals surface area contributed by atoms with Crippen LogP contribution in [0.3, 0.4) is 0 Å². The van der Waals surface area contributed by atoms with Crippen LogP contribution in [0.15, 0.2) is 42.7 Å². The number of aromatic nitrogens is 4. The second-order valence-electron chi connectivity index (χ2n) is 9.38. The molecule has 0 unspecified atom stereocenters. The van der Waals surface area contributed by atoms with Crippen LogP contribution in [0.5, 0.6) is 0 Å². The van der Waals surface area contributed by atoms with Crippen LogP contribution in [0.25, 0.3) is 22.2 Å². The van der Waals surface area contributed by atoms with Crippen molar-refractivity contribution < 1.29 is 13.9 Å². The van der Waals surface area contributed by atoms with Crippen molar-refractivity contribution in [3.8, 4) is 11.3 Å². The summed E-state index contributed by atoms with van der Waals surface area (Å²) in [5, 5.41) is 17.4. The molecule has 8 nitrogen and oxygen atoms in total. The first kappa shape index (κ1) is 26.6. The lowest BCUT2D eigenvalue weighted by atomic mass is 9.92. The van der Waals surface area contributed by atoms with Crippen LogP contribution >= 0.6 is 12.4 Å². The molecule has 4 aromatic rings. The van der Waals surface area contributed by atoms with Gasteiger partial charge in [0.1, 0.15) is 22.8 Å². The van der Waals surface area contributed by atoms with Gasteiger partial charge in [-0.3, -0.25) is 4.98 Å². The Bertz CT molecular complexity index is 1420. The van der Waals surface area contributed by atoms with Crippen LogP contribution in [0, 0.1) is 18.6 Å². The fourth-order valence-electron chi connectivity index (χ4n) is 4.37. The number of benzene rings is 1. The van der Waals surface area contributed by atoms with Crippen molar-refractivity contribution in [2.45, 2.75) is 26.4 Å². The number of fused-ring (bicyclic) bond motifs is 1. The van der Waals surface area contributed by atoms with Crippen molar-refractivity contribution in [3.05, 3.63) is 65.6 Å². The first-order valence-electron chi connectivity index (χ1n) is 11.7. The molecule has 1 aliphatic rings. The fourth-order valence-corrected chi connectivity index (χ4v) is 4.37. The molecule has 1 fully saturated rings. The van der Waals surface area contributed by atoms with Gasteiger partial charge in [-0.15, -0.1) is 12.4 Å². The third-order valence-corrected chi connectivity index (χ3v) is 6.14. The highest BCUT2D eigenvalue weighted by Crippen LogP contribution is 2.34. The van der Waals surface area contributed by atoms with Gasteiger partial charge >= 0.3 is 0 Å². The Kier molecular flexibility index (Phi) is 7.54. The zero-order chi connectivity index (χ0) is 25.4. The predicted molar refractivity (Wildman–Crippen MR) is 143 cm³/mol. The SMILES string of the molecule is Cc1cc(C(C)(C)O)c2cc(-c3nc(Nc4ccc(N5CCNCC5)cn4)ncc3F)cc(F)c2n1.Cl. The molecule has 5 rings (SSSR count). The van der Waals surface area contributed by atoms with E-state index in [-0.39, 0.29) is 35.1 Å². The van der Waals surface area contributed by atoms with E-state index in [1.807, 2.05) is 12.1 Å². The van der Waals surface area contributed by atoms with Gasteiger partial charge in [0.25, 0.3) is 0 Å². The summed E-state index contributed by atoms with van der Waals surface area (Å²) in [5.74, 6) is -0.709. The average molecular weight is 528 g/mol. The van der Waals surface area contributed by atoms with E-state index in [0.29, 0.717) is 22.5 Å². The molecule has 0 saturated carbocycles. The zero-order valence-corrected chi connectivity index (χ0v) is 21.5. The molecule has 1 saturated heterocycles. The summed E-state index contributed by atoms with van der Waals surface area (Å²) in [6.07, 6.45) is 2.80. The summed E-state index contributed by atoms with van der Waals surface area (Å²) in [7, 11) is 0. The minimum absolute atomic E-state index is 0. The summed E-state index contributed by atoms with van der Waals surface area (Å²) in [6, 6.07) is 8.25. The normalized spacial score (nSPS) is 13.9. The van der Waals surface area contributed by atoms with Crippen LogP contribution in [0.4, 0.5) is 26.2 Å². The quantitative estimate of drug-likeness (QED) is 0.349. The lowest BCUT2D eigenvalue weighted by molar-refractivity contribution is 0.0800. The van der Waals surface area contributed by atoms with Crippen molar-refractivity contribution in [3.63, 3.8) is 0 Å². The topological polar surface area (TPSA) is 99.1 Å². The van der Waals surface area contributed by atoms with Gasteiger partial charge in [-0.2, -0.15) is 0 Å². The van der Waals surface area contributed by atoms with E-state index < -0.39 is 17.2 Å². The van der Waals surface area contributed by atoms with Crippen LogP contribution in [0.1, 0.15) is 25.1 Å². The number of anilines is 3. The molecular weight excluding hydrogens is 500 g/mol. The number of hydrogen-bond donors (Lipinski definition) is 3. The van der Waals surface area contributed by atoms with Crippen molar-refractivity contribution >= 4 is 40.8 Å². The monoisotopic (exact) mass is 527 g/mol. The Morgan fingerprint density at radius 2 is 1.76 bits per heavy atom. The Hall–Kier alpha value is -3.47. The molecule has 1 aromatic carbocycles. The molecule has 3 aromatic heterocycles. The van der Waals surface area contributed by atoms with Gasteiger partial charge in [0, 0.05) is 42.8 Å². The number of aliphatic hydroxyl groups is 1. The van der Waals surface area contributed by atoms with Crippen molar-refractivity contribution in [2.24, 2.45) is 0 Å². The number of pyridine rings is 2. The Labute approximate surface area is 219 Å². The largest absolute Gasteiger partial charge is 0.386 e. The van der Waals surface area contributed by atoms with E-state index in [1.54, 1.807) is 39.1 Å². The molecular formula is C26H28ClF2N7O. The highest BCUT2D eigenvalue weighted by atomic mass is 35.5. The van der Waals surface area contributed by atoms with Gasteiger partial charge in [-0.05, 0) is 56.7 Å². The highest BCUT2D eigenvalue weighted by Gasteiger charge is 2.23. The van der Waals surface area contributed by atoms with Crippen LogP contribution in [0.2, 0.25) is 0 Å². The highest BCUT2D eigenvalue weighted by molar-refractivity contribution is 5.88. The third kappa shape index (κ3) is 5.61. The molecule has 11 heteroatoms. The van der Waals surface area contributed by atoms with Gasteiger partial charge in [-0.1, -0.05) is 0 Å². The summed E-state index contributed by atoms with van der Waals surface area (Å²) in [5.41, 5.74) is 1.07. The number of nitrogens with one attached hydrogen (secondary N) is 2. The van der Waals surface area contributed by atoms with Crippen LogP contribution in [-0.4, -0.2) is 51.2 Å². The van der Waals surface area contributed by atoms with E-state index >= 15 is 4.39 Å². The van der Waals surface area contributed by atoms with Crippen LogP contribution in [-0.2, 0) is 5.60 Å². The zero-order valence-electron chi connectivity index (χ0n) is 20.7. The first-order valence-corrected chi connectivity index (χ1v) is 11.7. The molecule has 0 radical (unpaired) electrons. The maximum absolute atomic E-state index is 15.1. The van der Waals surface area contributed by atoms with E-state index in [4.69, 9.17) is 0 Å². The average Bonchev–Trinajstić information content (AvgIpc) is 2.85. The third-order valence-electron chi connectivity index (χ3n) is 6.14. The second-order valence-corrected chi connectivity index (χ2v) is 9.38. The standard InChI is InChI=1S/C26H27F2N7O.ClH/c1-15-10-19(26(2,3)36)18-11-16(12-20(27)24(18)32-15)23-21(28)14-31-25(34-23)33-22-5-4-17(13-30-22)35-8-6-29-7-9-35;/h4-5,10-14,29,36H,6-9H2,1-3H3,(H,30,31,33,34);1H. The van der Waals surface area contributed by atoms with Crippen molar-refractivity contribution in [2.75, 3.05) is 36.4 Å². The summed E-state index contributed by atoms with van der Waals surface area (Å²) < 4.78 is 29.9. The number of hydrogen-bond acceptors (Lipinski definition) is 8. The first-order chi connectivity index (χ1) is 17.2. The molecule has 0 amide bonds. The Morgan fingerprint density at radius 3 is 2.43 bits per heavy atom. The minimum atomic E-state index is -1.25. The molecule has 37 heavy (non-hydrogen) atoms. The van der Waals surface area contributed by atoms with Crippen molar-refractivity contribution in [1.29, 1.82) is 0 Å². The number of nitrogens with zero attached hydrogens (tertiary/aromatic N) is 5. The molecule has 194 valence electrons. The molecule has 4 heterocycles. The molecule has 1 aliphatic heterocycles. The van der Waals surface area contributed by atoms with E-state index in [0.717, 1.165) is 38.1 Å². The van der Waals surface area contributed by atoms with Crippen LogP contribution < -0.4 is 15.5 Å².